The molecule has 1 aliphatic rings. The molecule has 1 aliphatic heterocycles. The van der Waals surface area contributed by atoms with Crippen LogP contribution in [-0.4, -0.2) is 60.1 Å². The van der Waals surface area contributed by atoms with E-state index in [-0.39, 0.29) is 18.6 Å². The van der Waals surface area contributed by atoms with Crippen LogP contribution in [0.3, 0.4) is 0 Å². The summed E-state index contributed by atoms with van der Waals surface area (Å²) in [5, 5.41) is 14.7. The first-order valence-corrected chi connectivity index (χ1v) is 8.05. The smallest absolute Gasteiger partial charge is 0.321 e. The molecule has 1 saturated heterocycles. The average molecular weight is 348 g/mol. The van der Waals surface area contributed by atoms with Crippen molar-refractivity contribution in [2.45, 2.75) is 19.9 Å². The summed E-state index contributed by atoms with van der Waals surface area (Å²) in [4.78, 5) is 37.9. The third-order valence-electron chi connectivity index (χ3n) is 4.33. The van der Waals surface area contributed by atoms with Gasteiger partial charge in [-0.15, -0.1) is 0 Å². The van der Waals surface area contributed by atoms with Gasteiger partial charge in [0.05, 0.1) is 5.41 Å². The van der Waals surface area contributed by atoms with Crippen molar-refractivity contribution in [1.29, 1.82) is 0 Å². The topological polar surface area (TPSA) is 102 Å². The molecule has 136 valence electrons. The molecule has 0 aromatic heterocycles. The summed E-state index contributed by atoms with van der Waals surface area (Å²) in [6.07, 6.45) is 0.454. The van der Waals surface area contributed by atoms with Crippen LogP contribution < -0.4 is 10.6 Å². The van der Waals surface area contributed by atoms with E-state index in [0.717, 1.165) is 5.56 Å². The number of carbonyl (C=O) groups excluding carboxylic acids is 2. The molecule has 0 bridgehead atoms. The number of carboxylic acids is 1. The highest BCUT2D eigenvalue weighted by Gasteiger charge is 2.42. The Morgan fingerprint density at radius 3 is 2.40 bits per heavy atom. The zero-order valence-electron chi connectivity index (χ0n) is 14.7. The van der Waals surface area contributed by atoms with Gasteiger partial charge in [-0.1, -0.05) is 12.1 Å². The monoisotopic (exact) mass is 348 g/mol. The van der Waals surface area contributed by atoms with E-state index in [1.165, 1.54) is 9.80 Å². The highest BCUT2D eigenvalue weighted by atomic mass is 16.4. The van der Waals surface area contributed by atoms with Crippen LogP contribution in [0, 0.1) is 5.41 Å². The van der Waals surface area contributed by atoms with Gasteiger partial charge in [0.15, 0.2) is 0 Å². The molecule has 1 aromatic carbocycles. The van der Waals surface area contributed by atoms with E-state index < -0.39 is 11.4 Å². The SMILES string of the molecule is CN(C)C(=O)Nc1ccc(CNC(=O)N2CCC(C)(C(=O)O)C2)cc1. The second kappa shape index (κ2) is 7.42. The summed E-state index contributed by atoms with van der Waals surface area (Å²) in [5.74, 6) is -0.877. The van der Waals surface area contributed by atoms with Crippen LogP contribution >= 0.6 is 0 Å². The Labute approximate surface area is 146 Å². The van der Waals surface area contributed by atoms with E-state index in [9.17, 15) is 19.5 Å². The molecule has 2 rings (SSSR count). The van der Waals surface area contributed by atoms with Crippen molar-refractivity contribution in [3.05, 3.63) is 29.8 Å². The maximum atomic E-state index is 12.2. The molecule has 8 nitrogen and oxygen atoms in total. The average Bonchev–Trinajstić information content (AvgIpc) is 2.98. The minimum Gasteiger partial charge on any atom is -0.481 e. The van der Waals surface area contributed by atoms with E-state index >= 15 is 0 Å². The molecule has 0 spiro atoms. The summed E-state index contributed by atoms with van der Waals surface area (Å²) >= 11 is 0. The Morgan fingerprint density at radius 1 is 1.24 bits per heavy atom. The highest BCUT2D eigenvalue weighted by Crippen LogP contribution is 2.29. The van der Waals surface area contributed by atoms with E-state index in [2.05, 4.69) is 10.6 Å². The van der Waals surface area contributed by atoms with Gasteiger partial charge in [-0.2, -0.15) is 0 Å². The first-order valence-electron chi connectivity index (χ1n) is 8.05. The molecule has 0 radical (unpaired) electrons. The molecule has 8 heteroatoms. The van der Waals surface area contributed by atoms with E-state index in [4.69, 9.17) is 0 Å². The quantitative estimate of drug-likeness (QED) is 0.772. The van der Waals surface area contributed by atoms with Crippen LogP contribution in [0.25, 0.3) is 0 Å². The molecule has 4 amide bonds. The summed E-state index contributed by atoms with van der Waals surface area (Å²) in [5.41, 5.74) is 0.686. The third kappa shape index (κ3) is 4.62. The number of anilines is 1. The van der Waals surface area contributed by atoms with Crippen LogP contribution in [-0.2, 0) is 11.3 Å². The van der Waals surface area contributed by atoms with Crippen molar-refractivity contribution in [3.8, 4) is 0 Å². The van der Waals surface area contributed by atoms with E-state index in [1.54, 1.807) is 33.2 Å². The standard InChI is InChI=1S/C17H24N4O4/c1-17(14(22)23)8-9-21(11-17)15(24)18-10-12-4-6-13(7-5-12)19-16(25)20(2)3/h4-7H,8-11H2,1-3H3,(H,18,24)(H,19,25)(H,22,23). The summed E-state index contributed by atoms with van der Waals surface area (Å²) in [7, 11) is 3.32. The van der Waals surface area contributed by atoms with Crippen molar-refractivity contribution in [3.63, 3.8) is 0 Å². The number of rotatable bonds is 4. The van der Waals surface area contributed by atoms with Gasteiger partial charge in [0, 0.05) is 39.4 Å². The fraction of sp³-hybridized carbons (Fsp3) is 0.471. The first kappa shape index (κ1) is 18.6. The van der Waals surface area contributed by atoms with Crippen LogP contribution in [0.4, 0.5) is 15.3 Å². The lowest BCUT2D eigenvalue weighted by Gasteiger charge is -2.20. The number of amides is 4. The number of hydrogen-bond acceptors (Lipinski definition) is 3. The Hall–Kier alpha value is -2.77. The van der Waals surface area contributed by atoms with Crippen LogP contribution in [0.2, 0.25) is 0 Å². The Balaban J connectivity index is 1.84. The Bertz CT molecular complexity index is 659. The Morgan fingerprint density at radius 2 is 1.88 bits per heavy atom. The number of hydrogen-bond donors (Lipinski definition) is 3. The van der Waals surface area contributed by atoms with Gasteiger partial charge >= 0.3 is 18.0 Å². The van der Waals surface area contributed by atoms with Crippen LogP contribution in [0.15, 0.2) is 24.3 Å². The lowest BCUT2D eigenvalue weighted by atomic mass is 9.90. The second-order valence-electron chi connectivity index (χ2n) is 6.72. The Kier molecular flexibility index (Phi) is 5.51. The fourth-order valence-electron chi connectivity index (χ4n) is 2.54. The lowest BCUT2D eigenvalue weighted by molar-refractivity contribution is -0.147. The maximum Gasteiger partial charge on any atom is 0.321 e. The van der Waals surface area contributed by atoms with Gasteiger partial charge in [0.25, 0.3) is 0 Å². The van der Waals surface area contributed by atoms with Gasteiger partial charge in [-0.25, -0.2) is 9.59 Å². The number of carboxylic acid groups (broad SMARTS) is 1. The number of benzene rings is 1. The molecule has 0 aliphatic carbocycles. The van der Waals surface area contributed by atoms with Crippen molar-refractivity contribution >= 4 is 23.7 Å². The fourth-order valence-corrected chi connectivity index (χ4v) is 2.54. The number of nitrogens with one attached hydrogen (secondary N) is 2. The van der Waals surface area contributed by atoms with Crippen LogP contribution in [0.1, 0.15) is 18.9 Å². The number of urea groups is 2. The predicted octanol–water partition coefficient (Wildman–Crippen LogP) is 1.79. The van der Waals surface area contributed by atoms with Gasteiger partial charge < -0.3 is 25.5 Å². The molecular formula is C17H24N4O4. The molecule has 1 heterocycles. The number of carbonyl (C=O) groups is 3. The molecule has 0 saturated carbocycles. The largest absolute Gasteiger partial charge is 0.481 e. The normalized spacial score (nSPS) is 19.4. The van der Waals surface area contributed by atoms with Gasteiger partial charge in [-0.3, -0.25) is 4.79 Å². The summed E-state index contributed by atoms with van der Waals surface area (Å²) < 4.78 is 0. The summed E-state index contributed by atoms with van der Waals surface area (Å²) in [6, 6.07) is 6.68. The lowest BCUT2D eigenvalue weighted by Crippen LogP contribution is -2.40. The van der Waals surface area contributed by atoms with E-state index in [1.807, 2.05) is 12.1 Å². The molecule has 1 atom stereocenters. The van der Waals surface area contributed by atoms with Crippen molar-refractivity contribution in [1.82, 2.24) is 15.1 Å². The molecular weight excluding hydrogens is 324 g/mol. The zero-order valence-corrected chi connectivity index (χ0v) is 14.7. The van der Waals surface area contributed by atoms with Crippen molar-refractivity contribution < 1.29 is 19.5 Å². The molecule has 3 N–H and O–H groups in total. The van der Waals surface area contributed by atoms with Gasteiger partial charge in [0.2, 0.25) is 0 Å². The second-order valence-corrected chi connectivity index (χ2v) is 6.72. The first-order chi connectivity index (χ1) is 11.7. The molecule has 25 heavy (non-hydrogen) atoms. The minimum absolute atomic E-state index is 0.212. The molecule has 1 aromatic rings. The summed E-state index contributed by atoms with van der Waals surface area (Å²) in [6.45, 7) is 2.64. The van der Waals surface area contributed by atoms with Gasteiger partial charge in [0.1, 0.15) is 0 Å². The minimum atomic E-state index is -0.877. The van der Waals surface area contributed by atoms with Crippen molar-refractivity contribution in [2.75, 3.05) is 32.5 Å². The predicted molar refractivity (Wildman–Crippen MR) is 93.3 cm³/mol. The number of likely N-dealkylation sites (tertiary alicyclic amines) is 1. The van der Waals surface area contributed by atoms with Crippen molar-refractivity contribution in [2.24, 2.45) is 5.41 Å². The number of aliphatic carboxylic acids is 1. The number of nitrogens with zero attached hydrogens (tertiary/aromatic N) is 2. The molecule has 1 fully saturated rings. The highest BCUT2D eigenvalue weighted by molar-refractivity contribution is 5.88. The zero-order chi connectivity index (χ0) is 18.6. The molecule has 1 unspecified atom stereocenters. The van der Waals surface area contributed by atoms with Crippen LogP contribution in [0.5, 0.6) is 0 Å². The third-order valence-corrected chi connectivity index (χ3v) is 4.33. The van der Waals surface area contributed by atoms with Gasteiger partial charge in [-0.05, 0) is 31.0 Å². The van der Waals surface area contributed by atoms with E-state index in [0.29, 0.717) is 25.2 Å². The maximum absolute atomic E-state index is 12.2.